The Bertz CT molecular complexity index is 1450. The van der Waals surface area contributed by atoms with Crippen molar-refractivity contribution in [1.82, 2.24) is 15.3 Å². The summed E-state index contributed by atoms with van der Waals surface area (Å²) < 4.78 is 5.57. The lowest BCUT2D eigenvalue weighted by molar-refractivity contribution is 0.464. The Balaban J connectivity index is 1.48. The Kier molecular flexibility index (Phi) is 4.20. The molecule has 6 rings (SSSR count). The highest BCUT2D eigenvalue weighted by Gasteiger charge is 2.33. The van der Waals surface area contributed by atoms with E-state index in [1.165, 1.54) is 0 Å². The van der Waals surface area contributed by atoms with Gasteiger partial charge >= 0.3 is 5.69 Å². The lowest BCUT2D eigenvalue weighted by atomic mass is 9.97. The number of nitrogen functional groups attached to an aromatic ring is 1. The van der Waals surface area contributed by atoms with E-state index in [0.717, 1.165) is 59.2 Å². The van der Waals surface area contributed by atoms with Crippen molar-refractivity contribution in [2.45, 2.75) is 31.3 Å². The van der Waals surface area contributed by atoms with E-state index in [4.69, 9.17) is 10.2 Å². The number of aromatic nitrogens is 2. The molecule has 32 heavy (non-hydrogen) atoms. The molecule has 2 fully saturated rings. The smallest absolute Gasteiger partial charge is 0.347 e. The molecule has 2 aromatic heterocycles. The second-order valence-electron chi connectivity index (χ2n) is 8.67. The molecule has 2 aromatic carbocycles. The molecule has 2 unspecified atom stereocenters. The van der Waals surface area contributed by atoms with Crippen LogP contribution >= 0.6 is 0 Å². The molecule has 8 nitrogen and oxygen atoms in total. The summed E-state index contributed by atoms with van der Waals surface area (Å²) in [5.41, 5.74) is 9.15. The van der Waals surface area contributed by atoms with Crippen LogP contribution in [0.25, 0.3) is 21.9 Å². The predicted molar refractivity (Wildman–Crippen MR) is 123 cm³/mol. The molecule has 2 bridgehead atoms. The van der Waals surface area contributed by atoms with E-state index in [1.807, 2.05) is 36.4 Å². The minimum absolute atomic E-state index is 0.126. The number of anilines is 2. The lowest BCUT2D eigenvalue weighted by Crippen LogP contribution is -2.51. The molecule has 4 N–H and O–H groups in total. The second kappa shape index (κ2) is 7.11. The summed E-state index contributed by atoms with van der Waals surface area (Å²) in [5, 5.41) is 14.9. The molecule has 0 spiro atoms. The number of H-pyrrole nitrogens is 1. The maximum absolute atomic E-state index is 12.6. The number of fused-ring (bicyclic) bond motifs is 4. The van der Waals surface area contributed by atoms with Crippen LogP contribution in [0.2, 0.25) is 0 Å². The fraction of sp³-hybridized carbons (Fsp3) is 0.292. The molecule has 4 aromatic rings. The number of aromatic amines is 1. The Morgan fingerprint density at radius 3 is 2.69 bits per heavy atom. The van der Waals surface area contributed by atoms with Crippen molar-refractivity contribution in [3.8, 4) is 6.07 Å². The SMILES string of the molecule is N#Cc1c(N)oc2cccc(Cc3cccc4c(N5CC6CCC(C5)N6)nc(=O)[nH]c34)c12. The Hall–Kier alpha value is -3.83. The number of nitrogens with one attached hydrogen (secondary N) is 2. The van der Waals surface area contributed by atoms with Gasteiger partial charge in [0.15, 0.2) is 0 Å². The van der Waals surface area contributed by atoms with Crippen molar-refractivity contribution < 1.29 is 4.42 Å². The van der Waals surface area contributed by atoms with Gasteiger partial charge < -0.3 is 25.4 Å². The van der Waals surface area contributed by atoms with Crippen LogP contribution < -0.4 is 21.6 Å². The van der Waals surface area contributed by atoms with Crippen molar-refractivity contribution in [3.63, 3.8) is 0 Å². The summed E-state index contributed by atoms with van der Waals surface area (Å²) >= 11 is 0. The van der Waals surface area contributed by atoms with E-state index in [2.05, 4.69) is 26.3 Å². The summed E-state index contributed by atoms with van der Waals surface area (Å²) in [6.45, 7) is 1.71. The monoisotopic (exact) mass is 426 g/mol. The van der Waals surface area contributed by atoms with E-state index in [-0.39, 0.29) is 11.6 Å². The zero-order valence-electron chi connectivity index (χ0n) is 17.4. The predicted octanol–water partition coefficient (Wildman–Crippen LogP) is 2.65. The Morgan fingerprint density at radius 1 is 1.16 bits per heavy atom. The number of benzene rings is 2. The number of piperazine rings is 1. The first-order valence-corrected chi connectivity index (χ1v) is 10.8. The number of nitrogens with two attached hydrogens (primary N) is 1. The Labute approximate surface area is 183 Å². The van der Waals surface area contributed by atoms with Crippen molar-refractivity contribution in [2.75, 3.05) is 23.7 Å². The summed E-state index contributed by atoms with van der Waals surface area (Å²) in [7, 11) is 0. The minimum atomic E-state index is -0.352. The van der Waals surface area contributed by atoms with E-state index >= 15 is 0 Å². The highest BCUT2D eigenvalue weighted by Crippen LogP contribution is 2.33. The summed E-state index contributed by atoms with van der Waals surface area (Å²) in [6, 6.07) is 14.7. The number of furan rings is 1. The minimum Gasteiger partial charge on any atom is -0.439 e. The van der Waals surface area contributed by atoms with Gasteiger partial charge in [0.1, 0.15) is 23.0 Å². The van der Waals surface area contributed by atoms with Crippen molar-refractivity contribution in [2.24, 2.45) is 0 Å². The van der Waals surface area contributed by atoms with Gasteiger partial charge in [-0.2, -0.15) is 10.2 Å². The zero-order chi connectivity index (χ0) is 21.8. The van der Waals surface area contributed by atoms with Crippen LogP contribution in [0.5, 0.6) is 0 Å². The number of para-hydroxylation sites is 1. The number of nitrogens with zero attached hydrogens (tertiary/aromatic N) is 3. The van der Waals surface area contributed by atoms with Crippen LogP contribution in [-0.4, -0.2) is 35.1 Å². The van der Waals surface area contributed by atoms with Gasteiger partial charge in [-0.25, -0.2) is 4.79 Å². The molecular weight excluding hydrogens is 404 g/mol. The van der Waals surface area contributed by atoms with Crippen LogP contribution in [0, 0.1) is 11.3 Å². The first-order valence-electron chi connectivity index (χ1n) is 10.8. The largest absolute Gasteiger partial charge is 0.439 e. The van der Waals surface area contributed by atoms with Crippen LogP contribution in [-0.2, 0) is 6.42 Å². The molecule has 8 heteroatoms. The summed E-state index contributed by atoms with van der Waals surface area (Å²) in [4.78, 5) is 22.1. The molecule has 0 aliphatic carbocycles. The third-order valence-electron chi connectivity index (χ3n) is 6.67. The van der Waals surface area contributed by atoms with Gasteiger partial charge in [0.25, 0.3) is 0 Å². The third-order valence-corrected chi connectivity index (χ3v) is 6.67. The number of nitriles is 1. The molecule has 2 aliphatic rings. The quantitative estimate of drug-likeness (QED) is 0.460. The Morgan fingerprint density at radius 2 is 1.91 bits per heavy atom. The zero-order valence-corrected chi connectivity index (χ0v) is 17.4. The number of hydrogen-bond acceptors (Lipinski definition) is 7. The van der Waals surface area contributed by atoms with E-state index < -0.39 is 0 Å². The van der Waals surface area contributed by atoms with Gasteiger partial charge in [0, 0.05) is 42.4 Å². The molecule has 160 valence electrons. The molecule has 2 aliphatic heterocycles. The fourth-order valence-corrected chi connectivity index (χ4v) is 5.29. The van der Waals surface area contributed by atoms with Crippen LogP contribution in [0.15, 0.2) is 45.6 Å². The van der Waals surface area contributed by atoms with Gasteiger partial charge in [-0.1, -0.05) is 24.3 Å². The van der Waals surface area contributed by atoms with E-state index in [1.54, 1.807) is 0 Å². The van der Waals surface area contributed by atoms with Crippen LogP contribution in [0.3, 0.4) is 0 Å². The van der Waals surface area contributed by atoms with Crippen molar-refractivity contribution >= 4 is 33.6 Å². The maximum Gasteiger partial charge on any atom is 0.347 e. The normalized spacial score (nSPS) is 20.2. The highest BCUT2D eigenvalue weighted by atomic mass is 16.3. The van der Waals surface area contributed by atoms with Crippen molar-refractivity contribution in [3.05, 3.63) is 63.6 Å². The maximum atomic E-state index is 12.6. The van der Waals surface area contributed by atoms with Gasteiger partial charge in [-0.05, 0) is 36.1 Å². The van der Waals surface area contributed by atoms with Gasteiger partial charge in [-0.15, -0.1) is 0 Å². The van der Waals surface area contributed by atoms with Crippen LogP contribution in [0.4, 0.5) is 11.7 Å². The average molecular weight is 426 g/mol. The van der Waals surface area contributed by atoms with Gasteiger partial charge in [0.05, 0.1) is 5.52 Å². The molecule has 0 radical (unpaired) electrons. The molecule has 4 heterocycles. The molecule has 0 saturated carbocycles. The number of hydrogen-bond donors (Lipinski definition) is 3. The average Bonchev–Trinajstić information content (AvgIpc) is 3.31. The first-order chi connectivity index (χ1) is 15.6. The highest BCUT2D eigenvalue weighted by molar-refractivity contribution is 5.94. The topological polar surface area (TPSA) is 124 Å². The first kappa shape index (κ1) is 18.9. The van der Waals surface area contributed by atoms with Crippen molar-refractivity contribution in [1.29, 1.82) is 5.26 Å². The van der Waals surface area contributed by atoms with E-state index in [0.29, 0.717) is 29.7 Å². The standard InChI is InChI=1S/C24H22N6O2/c25-10-18-20-13(3-2-6-19(20)32-22(18)26)9-14-4-1-5-17-21(14)28-24(31)29-23(17)30-11-15-7-8-16(12-30)27-15/h1-6,15-16,27H,7-9,11-12,26H2,(H,28,29,31). The second-order valence-corrected chi connectivity index (χ2v) is 8.67. The molecule has 2 atom stereocenters. The number of rotatable bonds is 3. The third kappa shape index (κ3) is 2.93. The lowest BCUT2D eigenvalue weighted by Gasteiger charge is -2.34. The molecular formula is C24H22N6O2. The summed E-state index contributed by atoms with van der Waals surface area (Å²) in [6.07, 6.45) is 2.84. The molecule has 2 saturated heterocycles. The summed E-state index contributed by atoms with van der Waals surface area (Å²) in [5.74, 6) is 0.869. The van der Waals surface area contributed by atoms with Gasteiger partial charge in [0.2, 0.25) is 5.88 Å². The van der Waals surface area contributed by atoms with Gasteiger partial charge in [-0.3, -0.25) is 0 Å². The van der Waals surface area contributed by atoms with E-state index in [9.17, 15) is 10.1 Å². The molecule has 0 amide bonds. The fourth-order valence-electron chi connectivity index (χ4n) is 5.29. The van der Waals surface area contributed by atoms with Crippen LogP contribution in [0.1, 0.15) is 29.5 Å².